The van der Waals surface area contributed by atoms with E-state index < -0.39 is 11.7 Å². The Hall–Kier alpha value is -3.18. The van der Waals surface area contributed by atoms with Crippen molar-refractivity contribution in [2.24, 2.45) is 0 Å². The Morgan fingerprint density at radius 2 is 1.17 bits per heavy atom. The number of aryl methyl sites for hydroxylation is 4. The number of fused-ring (bicyclic) bond motifs is 1. The molecule has 0 radical (unpaired) electrons. The lowest BCUT2D eigenvalue weighted by atomic mass is 9.97. The van der Waals surface area contributed by atoms with Gasteiger partial charge >= 0.3 is 6.18 Å². The molecule has 0 aliphatic rings. The Labute approximate surface area is 203 Å². The fraction of sp³-hybridized carbons (Fsp3) is 0.267. The van der Waals surface area contributed by atoms with Gasteiger partial charge < -0.3 is 4.74 Å². The summed E-state index contributed by atoms with van der Waals surface area (Å²) in [5, 5.41) is 1.43. The first-order valence-electron chi connectivity index (χ1n) is 11.8. The molecule has 4 aromatic rings. The summed E-state index contributed by atoms with van der Waals surface area (Å²) in [6.45, 7) is 0.712. The summed E-state index contributed by atoms with van der Waals surface area (Å²) in [6, 6.07) is 23.2. The Bertz CT molecular complexity index is 1260. The molecule has 4 aromatic carbocycles. The van der Waals surface area contributed by atoms with Gasteiger partial charge in [0, 0.05) is 12.5 Å². The number of benzene rings is 4. The Kier molecular flexibility index (Phi) is 7.86. The van der Waals surface area contributed by atoms with Gasteiger partial charge in [-0.15, -0.1) is 0 Å². The second-order valence-electron chi connectivity index (χ2n) is 8.85. The van der Waals surface area contributed by atoms with E-state index in [4.69, 9.17) is 4.74 Å². The van der Waals surface area contributed by atoms with Gasteiger partial charge in [0.15, 0.2) is 0 Å². The molecular weight excluding hydrogens is 452 g/mol. The van der Waals surface area contributed by atoms with Crippen LogP contribution in [0, 0.1) is 5.82 Å². The largest absolute Gasteiger partial charge is 0.416 e. The van der Waals surface area contributed by atoms with Gasteiger partial charge in [-0.25, -0.2) is 4.39 Å². The second kappa shape index (κ2) is 11.0. The summed E-state index contributed by atoms with van der Waals surface area (Å²) in [5.74, 6) is -0.257. The molecule has 0 saturated heterocycles. The molecule has 35 heavy (non-hydrogen) atoms. The van der Waals surface area contributed by atoms with Crippen molar-refractivity contribution in [3.05, 3.63) is 118 Å². The number of rotatable bonds is 9. The molecule has 0 atom stereocenters. The van der Waals surface area contributed by atoms with Crippen molar-refractivity contribution in [2.45, 2.75) is 38.3 Å². The molecule has 5 heteroatoms. The third-order valence-corrected chi connectivity index (χ3v) is 6.38. The van der Waals surface area contributed by atoms with Gasteiger partial charge in [-0.1, -0.05) is 66.7 Å². The van der Waals surface area contributed by atoms with Gasteiger partial charge in [-0.2, -0.15) is 13.2 Å². The lowest BCUT2D eigenvalue weighted by molar-refractivity contribution is -0.137. The Morgan fingerprint density at radius 1 is 0.629 bits per heavy atom. The van der Waals surface area contributed by atoms with Crippen LogP contribution >= 0.6 is 0 Å². The molecule has 0 aliphatic carbocycles. The zero-order valence-corrected chi connectivity index (χ0v) is 19.7. The average molecular weight is 481 g/mol. The van der Waals surface area contributed by atoms with Crippen LogP contribution in [0.3, 0.4) is 0 Å². The number of ether oxygens (including phenoxy) is 1. The third-order valence-electron chi connectivity index (χ3n) is 6.38. The molecular formula is C30H28F4O. The van der Waals surface area contributed by atoms with Crippen LogP contribution in [0.1, 0.15) is 33.4 Å². The highest BCUT2D eigenvalue weighted by molar-refractivity contribution is 5.84. The summed E-state index contributed by atoms with van der Waals surface area (Å²) in [7, 11) is 1.70. The average Bonchev–Trinajstić information content (AvgIpc) is 2.86. The SMILES string of the molecule is COCCc1ccc(CCc2ccc3c(F)c(CCc4ccc(C(F)(F)F)cc4)ccc3c2)cc1. The van der Waals surface area contributed by atoms with Crippen LogP contribution in [0.4, 0.5) is 17.6 Å². The molecule has 0 aliphatic heterocycles. The van der Waals surface area contributed by atoms with E-state index in [2.05, 4.69) is 24.3 Å². The minimum absolute atomic E-state index is 0.257. The van der Waals surface area contributed by atoms with E-state index >= 15 is 4.39 Å². The summed E-state index contributed by atoms with van der Waals surface area (Å²) >= 11 is 0. The predicted octanol–water partition coefficient (Wildman–Crippen LogP) is 7.76. The summed E-state index contributed by atoms with van der Waals surface area (Å²) in [6.07, 6.45) is -0.775. The monoisotopic (exact) mass is 480 g/mol. The Morgan fingerprint density at radius 3 is 1.80 bits per heavy atom. The molecule has 0 N–H and O–H groups in total. The normalized spacial score (nSPS) is 11.8. The van der Waals surface area contributed by atoms with Gasteiger partial charge in [0.2, 0.25) is 0 Å². The lowest BCUT2D eigenvalue weighted by Gasteiger charge is -2.10. The van der Waals surface area contributed by atoms with Crippen molar-refractivity contribution in [1.82, 2.24) is 0 Å². The van der Waals surface area contributed by atoms with E-state index in [-0.39, 0.29) is 5.82 Å². The first kappa shape index (κ1) is 24.9. The zero-order valence-electron chi connectivity index (χ0n) is 19.7. The number of halogens is 4. The highest BCUT2D eigenvalue weighted by Gasteiger charge is 2.29. The fourth-order valence-corrected chi connectivity index (χ4v) is 4.26. The standard InChI is InChI=1S/C30H28F4O/c1-35-19-18-23-4-2-21(3-5-23)6-7-24-11-17-28-26(20-24)14-13-25(29(28)31)12-8-22-9-15-27(16-10-22)30(32,33)34/h2-5,9-11,13-17,20H,6-8,12,18-19H2,1H3. The fourth-order valence-electron chi connectivity index (χ4n) is 4.26. The third kappa shape index (κ3) is 6.49. The molecule has 0 bridgehead atoms. The van der Waals surface area contributed by atoms with Gasteiger partial charge in [0.1, 0.15) is 5.82 Å². The van der Waals surface area contributed by atoms with Crippen LogP contribution in [0.15, 0.2) is 78.9 Å². The van der Waals surface area contributed by atoms with E-state index in [1.807, 2.05) is 24.3 Å². The summed E-state index contributed by atoms with van der Waals surface area (Å²) < 4.78 is 58.5. The number of methoxy groups -OCH3 is 1. The number of hydrogen-bond acceptors (Lipinski definition) is 1. The van der Waals surface area contributed by atoms with Crippen LogP contribution in [-0.4, -0.2) is 13.7 Å². The van der Waals surface area contributed by atoms with Crippen molar-refractivity contribution in [2.75, 3.05) is 13.7 Å². The van der Waals surface area contributed by atoms with Gasteiger partial charge in [0.05, 0.1) is 12.2 Å². The maximum absolute atomic E-state index is 15.1. The molecule has 1 nitrogen and oxygen atoms in total. The van der Waals surface area contributed by atoms with Crippen LogP contribution in [0.2, 0.25) is 0 Å². The lowest BCUT2D eigenvalue weighted by Crippen LogP contribution is -2.04. The summed E-state index contributed by atoms with van der Waals surface area (Å²) in [5.41, 5.74) is 4.31. The first-order chi connectivity index (χ1) is 16.8. The quantitative estimate of drug-likeness (QED) is 0.223. The second-order valence-corrected chi connectivity index (χ2v) is 8.85. The van der Waals surface area contributed by atoms with Crippen LogP contribution in [0.25, 0.3) is 10.8 Å². The topological polar surface area (TPSA) is 9.23 Å². The minimum atomic E-state index is -4.35. The smallest absolute Gasteiger partial charge is 0.384 e. The van der Waals surface area contributed by atoms with Gasteiger partial charge in [-0.3, -0.25) is 0 Å². The van der Waals surface area contributed by atoms with Gasteiger partial charge in [-0.05, 0) is 77.4 Å². The van der Waals surface area contributed by atoms with Crippen LogP contribution in [0.5, 0.6) is 0 Å². The van der Waals surface area contributed by atoms with Crippen molar-refractivity contribution in [1.29, 1.82) is 0 Å². The maximum Gasteiger partial charge on any atom is 0.416 e. The molecule has 4 rings (SSSR count). The zero-order chi connectivity index (χ0) is 24.8. The van der Waals surface area contributed by atoms with Gasteiger partial charge in [0.25, 0.3) is 0 Å². The van der Waals surface area contributed by atoms with E-state index in [0.29, 0.717) is 30.4 Å². The highest BCUT2D eigenvalue weighted by Crippen LogP contribution is 2.29. The summed E-state index contributed by atoms with van der Waals surface area (Å²) in [4.78, 5) is 0. The van der Waals surface area contributed by atoms with E-state index in [1.54, 1.807) is 13.2 Å². The van der Waals surface area contributed by atoms with Crippen molar-refractivity contribution >= 4 is 10.8 Å². The van der Waals surface area contributed by atoms with Crippen molar-refractivity contribution in [3.8, 4) is 0 Å². The molecule has 0 fully saturated rings. The molecule has 182 valence electrons. The number of alkyl halides is 3. The predicted molar refractivity (Wildman–Crippen MR) is 132 cm³/mol. The van der Waals surface area contributed by atoms with E-state index in [1.165, 1.54) is 23.3 Å². The molecule has 0 unspecified atom stereocenters. The van der Waals surface area contributed by atoms with E-state index in [9.17, 15) is 13.2 Å². The highest BCUT2D eigenvalue weighted by atomic mass is 19.4. The molecule has 0 aromatic heterocycles. The molecule has 0 amide bonds. The number of hydrogen-bond donors (Lipinski definition) is 0. The van der Waals surface area contributed by atoms with Crippen molar-refractivity contribution in [3.63, 3.8) is 0 Å². The van der Waals surface area contributed by atoms with E-state index in [0.717, 1.165) is 47.9 Å². The molecule has 0 saturated carbocycles. The van der Waals surface area contributed by atoms with Crippen LogP contribution < -0.4 is 0 Å². The molecule has 0 spiro atoms. The molecule has 0 heterocycles. The minimum Gasteiger partial charge on any atom is -0.384 e. The Balaban J connectivity index is 1.39. The van der Waals surface area contributed by atoms with Crippen LogP contribution in [-0.2, 0) is 43.0 Å². The van der Waals surface area contributed by atoms with Crippen molar-refractivity contribution < 1.29 is 22.3 Å². The first-order valence-corrected chi connectivity index (χ1v) is 11.8. The maximum atomic E-state index is 15.1.